The monoisotopic (exact) mass is 284 g/mol. The lowest BCUT2D eigenvalue weighted by atomic mass is 10.1. The normalized spacial score (nSPS) is 12.0. The molecule has 0 aliphatic heterocycles. The van der Waals surface area contributed by atoms with Gasteiger partial charge < -0.3 is 0 Å². The van der Waals surface area contributed by atoms with E-state index in [-0.39, 0.29) is 0 Å². The van der Waals surface area contributed by atoms with Gasteiger partial charge in [0, 0.05) is 20.6 Å². The summed E-state index contributed by atoms with van der Waals surface area (Å²) in [6.45, 7) is 2.61. The Hall–Kier alpha value is -0.910. The quantitative estimate of drug-likeness (QED) is 0.793. The van der Waals surface area contributed by atoms with Gasteiger partial charge in [-0.2, -0.15) is 12.7 Å². The molecule has 0 saturated heterocycles. The fourth-order valence-corrected chi connectivity index (χ4v) is 2.33. The molecule has 1 N–H and O–H groups in total. The molecule has 1 aromatic carbocycles. The number of nitrogens with one attached hydrogen (secondary N) is 1. The fraction of sp³-hybridized carbons (Fsp3) is 0.571. The zero-order valence-corrected chi connectivity index (χ0v) is 12.8. The zero-order valence-electron chi connectivity index (χ0n) is 12.0. The Labute approximate surface area is 117 Å². The number of nitrogens with zero attached hydrogens (tertiary/aromatic N) is 1. The minimum absolute atomic E-state index is 0.425. The van der Waals surface area contributed by atoms with Crippen molar-refractivity contribution in [3.8, 4) is 0 Å². The van der Waals surface area contributed by atoms with E-state index in [0.717, 1.165) is 12.0 Å². The summed E-state index contributed by atoms with van der Waals surface area (Å²) >= 11 is 0. The molecule has 0 amide bonds. The van der Waals surface area contributed by atoms with E-state index < -0.39 is 10.2 Å². The van der Waals surface area contributed by atoms with Gasteiger partial charge in [0.25, 0.3) is 10.2 Å². The van der Waals surface area contributed by atoms with Crippen molar-refractivity contribution in [2.45, 2.75) is 32.6 Å². The van der Waals surface area contributed by atoms with E-state index in [4.69, 9.17) is 0 Å². The number of unbranched alkanes of at least 4 members (excludes halogenated alkanes) is 1. The first kappa shape index (κ1) is 16.1. The lowest BCUT2D eigenvalue weighted by Gasteiger charge is -2.12. The maximum absolute atomic E-state index is 11.5. The van der Waals surface area contributed by atoms with Crippen LogP contribution in [0.15, 0.2) is 24.3 Å². The summed E-state index contributed by atoms with van der Waals surface area (Å²) in [4.78, 5) is 0. The van der Waals surface area contributed by atoms with E-state index in [1.54, 1.807) is 0 Å². The number of hydrogen-bond acceptors (Lipinski definition) is 2. The molecule has 0 aliphatic carbocycles. The molecule has 0 aromatic heterocycles. The molecular weight excluding hydrogens is 260 g/mol. The summed E-state index contributed by atoms with van der Waals surface area (Å²) < 4.78 is 26.8. The smallest absolute Gasteiger partial charge is 0.202 e. The molecule has 5 heteroatoms. The molecule has 19 heavy (non-hydrogen) atoms. The van der Waals surface area contributed by atoms with Gasteiger partial charge in [-0.1, -0.05) is 37.6 Å². The molecule has 0 unspecified atom stereocenters. The molecule has 0 fully saturated rings. The van der Waals surface area contributed by atoms with Crippen LogP contribution in [0.1, 0.15) is 30.9 Å². The maximum atomic E-state index is 11.5. The van der Waals surface area contributed by atoms with Crippen molar-refractivity contribution in [3.63, 3.8) is 0 Å². The van der Waals surface area contributed by atoms with Gasteiger partial charge in [0.15, 0.2) is 0 Å². The van der Waals surface area contributed by atoms with Gasteiger partial charge >= 0.3 is 0 Å². The van der Waals surface area contributed by atoms with Crippen LogP contribution in [0, 0.1) is 0 Å². The molecule has 1 rings (SSSR count). The first-order valence-electron chi connectivity index (χ1n) is 6.70. The van der Waals surface area contributed by atoms with Crippen molar-refractivity contribution in [2.75, 3.05) is 20.6 Å². The second-order valence-electron chi connectivity index (χ2n) is 4.85. The Kier molecular flexibility index (Phi) is 6.48. The van der Waals surface area contributed by atoms with Gasteiger partial charge in [-0.05, 0) is 30.4 Å². The van der Waals surface area contributed by atoms with Crippen molar-refractivity contribution in [1.82, 2.24) is 9.03 Å². The Morgan fingerprint density at radius 1 is 1.05 bits per heavy atom. The second-order valence-corrected chi connectivity index (χ2v) is 6.82. The van der Waals surface area contributed by atoms with Gasteiger partial charge in [0.1, 0.15) is 0 Å². The summed E-state index contributed by atoms with van der Waals surface area (Å²) in [6, 6.07) is 8.42. The van der Waals surface area contributed by atoms with Crippen LogP contribution in [-0.4, -0.2) is 33.4 Å². The summed E-state index contributed by atoms with van der Waals surface area (Å²) in [5.41, 5.74) is 2.50. The summed E-state index contributed by atoms with van der Waals surface area (Å²) in [6.07, 6.45) is 4.24. The highest BCUT2D eigenvalue weighted by molar-refractivity contribution is 7.87. The first-order chi connectivity index (χ1) is 8.95. The average molecular weight is 284 g/mol. The molecule has 0 heterocycles. The highest BCUT2D eigenvalue weighted by atomic mass is 32.2. The van der Waals surface area contributed by atoms with Crippen LogP contribution in [0.25, 0.3) is 0 Å². The van der Waals surface area contributed by atoms with E-state index in [1.807, 2.05) is 0 Å². The molecule has 1 aromatic rings. The topological polar surface area (TPSA) is 49.4 Å². The molecule has 0 radical (unpaired) electrons. The highest BCUT2D eigenvalue weighted by Crippen LogP contribution is 2.08. The maximum Gasteiger partial charge on any atom is 0.278 e. The van der Waals surface area contributed by atoms with Crippen molar-refractivity contribution in [1.29, 1.82) is 0 Å². The standard InChI is InChI=1S/C14H24N2O2S/c1-4-5-6-13-7-9-14(10-8-13)11-12-15-19(17,18)16(2)3/h7-10,15H,4-6,11-12H2,1-3H3. The Bertz CT molecular complexity index is 467. The van der Waals surface area contributed by atoms with Gasteiger partial charge in [-0.15, -0.1) is 0 Å². The molecular formula is C14H24N2O2S. The van der Waals surface area contributed by atoms with Crippen LogP contribution >= 0.6 is 0 Å². The van der Waals surface area contributed by atoms with Crippen LogP contribution in [0.2, 0.25) is 0 Å². The third kappa shape index (κ3) is 5.72. The Morgan fingerprint density at radius 3 is 2.05 bits per heavy atom. The Balaban J connectivity index is 2.42. The minimum Gasteiger partial charge on any atom is -0.202 e. The molecule has 0 bridgehead atoms. The van der Waals surface area contributed by atoms with Crippen molar-refractivity contribution in [3.05, 3.63) is 35.4 Å². The SMILES string of the molecule is CCCCc1ccc(CCNS(=O)(=O)N(C)C)cc1. The summed E-state index contributed by atoms with van der Waals surface area (Å²) in [5.74, 6) is 0. The Morgan fingerprint density at radius 2 is 1.58 bits per heavy atom. The predicted octanol–water partition coefficient (Wildman–Crippen LogP) is 1.97. The molecule has 4 nitrogen and oxygen atoms in total. The largest absolute Gasteiger partial charge is 0.278 e. The second kappa shape index (κ2) is 7.62. The number of aryl methyl sites for hydroxylation is 1. The molecule has 108 valence electrons. The molecule has 0 saturated carbocycles. The van der Waals surface area contributed by atoms with Crippen LogP contribution in [0.4, 0.5) is 0 Å². The van der Waals surface area contributed by atoms with E-state index >= 15 is 0 Å². The summed E-state index contributed by atoms with van der Waals surface area (Å²) in [5, 5.41) is 0. The van der Waals surface area contributed by atoms with Crippen LogP contribution in [-0.2, 0) is 23.1 Å². The number of hydrogen-bond donors (Lipinski definition) is 1. The molecule has 0 spiro atoms. The molecule has 0 aliphatic rings. The lowest BCUT2D eigenvalue weighted by molar-refractivity contribution is 0.506. The highest BCUT2D eigenvalue weighted by Gasteiger charge is 2.11. The first-order valence-corrected chi connectivity index (χ1v) is 8.14. The van der Waals surface area contributed by atoms with E-state index in [9.17, 15) is 8.42 Å². The predicted molar refractivity (Wildman–Crippen MR) is 79.4 cm³/mol. The third-order valence-electron chi connectivity index (χ3n) is 3.02. The van der Waals surface area contributed by atoms with Gasteiger partial charge in [-0.25, -0.2) is 4.72 Å². The average Bonchev–Trinajstić information content (AvgIpc) is 2.37. The van der Waals surface area contributed by atoms with Gasteiger partial charge in [-0.3, -0.25) is 0 Å². The van der Waals surface area contributed by atoms with Crippen molar-refractivity contribution >= 4 is 10.2 Å². The fourth-order valence-electron chi connectivity index (χ4n) is 1.71. The molecule has 0 atom stereocenters. The van der Waals surface area contributed by atoms with E-state index in [2.05, 4.69) is 35.9 Å². The number of benzene rings is 1. The van der Waals surface area contributed by atoms with Crippen molar-refractivity contribution < 1.29 is 8.42 Å². The third-order valence-corrected chi connectivity index (χ3v) is 4.55. The van der Waals surface area contributed by atoms with Gasteiger partial charge in [0.2, 0.25) is 0 Å². The van der Waals surface area contributed by atoms with Crippen molar-refractivity contribution in [2.24, 2.45) is 0 Å². The number of rotatable bonds is 8. The van der Waals surface area contributed by atoms with E-state index in [0.29, 0.717) is 13.0 Å². The van der Waals surface area contributed by atoms with Gasteiger partial charge in [0.05, 0.1) is 0 Å². The van der Waals surface area contributed by atoms with Crippen LogP contribution in [0.5, 0.6) is 0 Å². The lowest BCUT2D eigenvalue weighted by Crippen LogP contribution is -2.36. The minimum atomic E-state index is -3.31. The van der Waals surface area contributed by atoms with E-state index in [1.165, 1.54) is 36.8 Å². The van der Waals surface area contributed by atoms with Crippen LogP contribution in [0.3, 0.4) is 0 Å². The zero-order chi connectivity index (χ0) is 14.3. The van der Waals surface area contributed by atoms with Crippen LogP contribution < -0.4 is 4.72 Å². The summed E-state index contributed by atoms with van der Waals surface area (Å²) in [7, 11) is -0.268.